The SMILES string of the molecule is NCCC1CCCN(S(=O)(=O)c2c[nH]c(=O)[nH]c2=O)C1. The number of rotatable bonds is 4. The second-order valence-electron chi connectivity index (χ2n) is 4.88. The Balaban J connectivity index is 2.30. The maximum Gasteiger partial charge on any atom is 0.325 e. The fourth-order valence-electron chi connectivity index (χ4n) is 2.44. The van der Waals surface area contributed by atoms with Crippen molar-refractivity contribution in [3.8, 4) is 0 Å². The molecule has 0 saturated carbocycles. The van der Waals surface area contributed by atoms with Crippen molar-refractivity contribution in [3.05, 3.63) is 27.0 Å². The van der Waals surface area contributed by atoms with E-state index in [0.717, 1.165) is 25.5 Å². The van der Waals surface area contributed by atoms with Crippen LogP contribution in [-0.2, 0) is 10.0 Å². The van der Waals surface area contributed by atoms with Crippen molar-refractivity contribution in [2.45, 2.75) is 24.2 Å². The van der Waals surface area contributed by atoms with Crippen molar-refractivity contribution in [1.82, 2.24) is 14.3 Å². The number of nitrogens with two attached hydrogens (primary N) is 1. The number of aromatic nitrogens is 2. The molecule has 8 nitrogen and oxygen atoms in total. The molecular formula is C11H18N4O4S. The minimum atomic E-state index is -3.88. The minimum Gasteiger partial charge on any atom is -0.330 e. The van der Waals surface area contributed by atoms with Gasteiger partial charge in [0, 0.05) is 19.3 Å². The van der Waals surface area contributed by atoms with Crippen LogP contribution >= 0.6 is 0 Å². The van der Waals surface area contributed by atoms with Gasteiger partial charge in [0.15, 0.2) is 4.90 Å². The predicted molar refractivity (Wildman–Crippen MR) is 72.8 cm³/mol. The molecule has 20 heavy (non-hydrogen) atoms. The third kappa shape index (κ3) is 3.00. The van der Waals surface area contributed by atoms with Crippen molar-refractivity contribution >= 4 is 10.0 Å². The second kappa shape index (κ2) is 5.90. The summed E-state index contributed by atoms with van der Waals surface area (Å²) in [5.74, 6) is 0.213. The fourth-order valence-corrected chi connectivity index (χ4v) is 3.99. The standard InChI is InChI=1S/C11H18N4O4S/c12-4-3-8-2-1-5-15(7-8)20(18,19)9-6-13-11(17)14-10(9)16/h6,8H,1-5,7,12H2,(H2,13,14,16,17). The number of nitrogens with zero attached hydrogens (tertiary/aromatic N) is 1. The normalized spacial score (nSPS) is 20.9. The summed E-state index contributed by atoms with van der Waals surface area (Å²) < 4.78 is 26.1. The van der Waals surface area contributed by atoms with E-state index in [-0.39, 0.29) is 5.92 Å². The van der Waals surface area contributed by atoms with E-state index < -0.39 is 26.2 Å². The van der Waals surface area contributed by atoms with Crippen molar-refractivity contribution < 1.29 is 8.42 Å². The first-order chi connectivity index (χ1) is 9.45. The zero-order chi connectivity index (χ0) is 14.8. The highest BCUT2D eigenvalue weighted by Crippen LogP contribution is 2.23. The van der Waals surface area contributed by atoms with Crippen LogP contribution in [0.5, 0.6) is 0 Å². The zero-order valence-corrected chi connectivity index (χ0v) is 11.8. The molecule has 9 heteroatoms. The first-order valence-corrected chi connectivity index (χ1v) is 7.91. The quantitative estimate of drug-likeness (QED) is 0.644. The average Bonchev–Trinajstić information content (AvgIpc) is 2.39. The Morgan fingerprint density at radius 2 is 2.15 bits per heavy atom. The van der Waals surface area contributed by atoms with E-state index in [1.807, 2.05) is 4.98 Å². The van der Waals surface area contributed by atoms with Crippen LogP contribution < -0.4 is 17.0 Å². The monoisotopic (exact) mass is 302 g/mol. The average molecular weight is 302 g/mol. The number of hydrogen-bond donors (Lipinski definition) is 3. The molecule has 1 aliphatic rings. The van der Waals surface area contributed by atoms with Crippen LogP contribution in [0.1, 0.15) is 19.3 Å². The number of aromatic amines is 2. The Labute approximate surface area is 116 Å². The number of piperidine rings is 1. The molecule has 1 unspecified atom stereocenters. The second-order valence-corrected chi connectivity index (χ2v) is 6.79. The maximum atomic E-state index is 12.4. The molecular weight excluding hydrogens is 284 g/mol. The highest BCUT2D eigenvalue weighted by Gasteiger charge is 2.31. The molecule has 0 amide bonds. The van der Waals surface area contributed by atoms with Gasteiger partial charge in [-0.25, -0.2) is 13.2 Å². The Morgan fingerprint density at radius 1 is 1.40 bits per heavy atom. The lowest BCUT2D eigenvalue weighted by Crippen LogP contribution is -2.42. The van der Waals surface area contributed by atoms with Crippen molar-refractivity contribution in [1.29, 1.82) is 0 Å². The highest BCUT2D eigenvalue weighted by molar-refractivity contribution is 7.89. The minimum absolute atomic E-state index is 0.213. The number of hydrogen-bond acceptors (Lipinski definition) is 5. The summed E-state index contributed by atoms with van der Waals surface area (Å²) >= 11 is 0. The molecule has 1 aromatic heterocycles. The van der Waals surface area contributed by atoms with E-state index in [9.17, 15) is 18.0 Å². The van der Waals surface area contributed by atoms with Crippen LogP contribution in [0.4, 0.5) is 0 Å². The van der Waals surface area contributed by atoms with E-state index in [4.69, 9.17) is 5.73 Å². The molecule has 4 N–H and O–H groups in total. The topological polar surface area (TPSA) is 129 Å². The zero-order valence-electron chi connectivity index (χ0n) is 11.0. The lowest BCUT2D eigenvalue weighted by atomic mass is 9.96. The molecule has 2 rings (SSSR count). The molecule has 1 aromatic rings. The summed E-state index contributed by atoms with van der Waals surface area (Å²) in [4.78, 5) is 26.3. The van der Waals surface area contributed by atoms with Gasteiger partial charge in [-0.2, -0.15) is 4.31 Å². The van der Waals surface area contributed by atoms with E-state index in [1.54, 1.807) is 0 Å². The van der Waals surface area contributed by atoms with Crippen LogP contribution in [0.25, 0.3) is 0 Å². The number of sulfonamides is 1. The van der Waals surface area contributed by atoms with Crippen molar-refractivity contribution in [2.75, 3.05) is 19.6 Å². The summed E-state index contributed by atoms with van der Waals surface area (Å²) in [7, 11) is -3.88. The predicted octanol–water partition coefficient (Wildman–Crippen LogP) is -1.19. The summed E-state index contributed by atoms with van der Waals surface area (Å²) in [6.07, 6.45) is 3.38. The molecule has 1 fully saturated rings. The maximum absolute atomic E-state index is 12.4. The Hall–Kier alpha value is -1.45. The molecule has 112 valence electrons. The van der Waals surface area contributed by atoms with Gasteiger partial charge in [0.25, 0.3) is 5.56 Å². The van der Waals surface area contributed by atoms with Crippen molar-refractivity contribution in [2.24, 2.45) is 11.7 Å². The van der Waals surface area contributed by atoms with E-state index in [1.165, 1.54) is 4.31 Å². The van der Waals surface area contributed by atoms with Gasteiger partial charge in [-0.1, -0.05) is 0 Å². The van der Waals surface area contributed by atoms with Crippen LogP contribution in [0.15, 0.2) is 20.7 Å². The van der Waals surface area contributed by atoms with Crippen LogP contribution in [0, 0.1) is 5.92 Å². The largest absolute Gasteiger partial charge is 0.330 e. The number of nitrogens with one attached hydrogen (secondary N) is 2. The Bertz CT molecular complexity index is 676. The molecule has 0 spiro atoms. The van der Waals surface area contributed by atoms with Gasteiger partial charge in [0.2, 0.25) is 10.0 Å². The van der Waals surface area contributed by atoms with Gasteiger partial charge in [-0.05, 0) is 31.7 Å². The summed E-state index contributed by atoms with van der Waals surface area (Å²) in [5, 5.41) is 0. The molecule has 0 aliphatic carbocycles. The van der Waals surface area contributed by atoms with Gasteiger partial charge in [-0.15, -0.1) is 0 Å². The van der Waals surface area contributed by atoms with Crippen LogP contribution in [0.2, 0.25) is 0 Å². The summed E-state index contributed by atoms with van der Waals surface area (Å²) in [5.41, 5.74) is 3.88. The van der Waals surface area contributed by atoms with E-state index in [0.29, 0.717) is 19.6 Å². The fraction of sp³-hybridized carbons (Fsp3) is 0.636. The molecule has 0 aromatic carbocycles. The van der Waals surface area contributed by atoms with Gasteiger partial charge < -0.3 is 10.7 Å². The Morgan fingerprint density at radius 3 is 2.80 bits per heavy atom. The molecule has 1 aliphatic heterocycles. The first-order valence-electron chi connectivity index (χ1n) is 6.47. The highest BCUT2D eigenvalue weighted by atomic mass is 32.2. The lowest BCUT2D eigenvalue weighted by molar-refractivity contribution is 0.258. The smallest absolute Gasteiger partial charge is 0.325 e. The molecule has 0 bridgehead atoms. The van der Waals surface area contributed by atoms with Gasteiger partial charge in [0.05, 0.1) is 0 Å². The summed E-state index contributed by atoms with van der Waals surface area (Å²) in [6, 6.07) is 0. The van der Waals surface area contributed by atoms with Gasteiger partial charge >= 0.3 is 5.69 Å². The third-order valence-corrected chi connectivity index (χ3v) is 5.33. The Kier molecular flexibility index (Phi) is 4.41. The first kappa shape index (κ1) is 14.9. The molecule has 2 heterocycles. The third-order valence-electron chi connectivity index (χ3n) is 3.46. The van der Waals surface area contributed by atoms with Gasteiger partial charge in [0.1, 0.15) is 0 Å². The van der Waals surface area contributed by atoms with E-state index >= 15 is 0 Å². The van der Waals surface area contributed by atoms with E-state index in [2.05, 4.69) is 4.98 Å². The number of H-pyrrole nitrogens is 2. The lowest BCUT2D eigenvalue weighted by Gasteiger charge is -2.31. The van der Waals surface area contributed by atoms with Crippen molar-refractivity contribution in [3.63, 3.8) is 0 Å². The summed E-state index contributed by atoms with van der Waals surface area (Å²) in [6.45, 7) is 1.25. The van der Waals surface area contributed by atoms with Crippen LogP contribution in [0.3, 0.4) is 0 Å². The molecule has 1 atom stereocenters. The molecule has 1 saturated heterocycles. The van der Waals surface area contributed by atoms with Crippen LogP contribution in [-0.4, -0.2) is 42.3 Å². The van der Waals surface area contributed by atoms with Gasteiger partial charge in [-0.3, -0.25) is 9.78 Å². The molecule has 0 radical (unpaired) electrons.